The van der Waals surface area contributed by atoms with E-state index in [0.717, 1.165) is 17.8 Å². The van der Waals surface area contributed by atoms with Gasteiger partial charge in [-0.3, -0.25) is 0 Å². The SMILES string of the molecule is CC1CC1CCC1CC1. The van der Waals surface area contributed by atoms with Crippen LogP contribution >= 0.6 is 0 Å². The molecule has 0 saturated heterocycles. The Hall–Kier alpha value is 0. The van der Waals surface area contributed by atoms with Crippen molar-refractivity contribution >= 4 is 0 Å². The van der Waals surface area contributed by atoms with Crippen LogP contribution in [0.5, 0.6) is 0 Å². The van der Waals surface area contributed by atoms with Gasteiger partial charge in [-0.15, -0.1) is 0 Å². The molecule has 2 unspecified atom stereocenters. The summed E-state index contributed by atoms with van der Waals surface area (Å²) >= 11 is 0. The number of hydrogen-bond acceptors (Lipinski definition) is 0. The first-order chi connectivity index (χ1) is 4.36. The Morgan fingerprint density at radius 2 is 1.89 bits per heavy atom. The van der Waals surface area contributed by atoms with Gasteiger partial charge in [0, 0.05) is 0 Å². The van der Waals surface area contributed by atoms with Crippen molar-refractivity contribution in [2.45, 2.75) is 39.0 Å². The molecule has 2 atom stereocenters. The van der Waals surface area contributed by atoms with Crippen molar-refractivity contribution in [3.8, 4) is 0 Å². The predicted octanol–water partition coefficient (Wildman–Crippen LogP) is 2.83. The molecule has 0 N–H and O–H groups in total. The molecule has 0 aromatic carbocycles. The first kappa shape index (κ1) is 5.76. The van der Waals surface area contributed by atoms with E-state index >= 15 is 0 Å². The van der Waals surface area contributed by atoms with E-state index in [1.807, 2.05) is 0 Å². The standard InChI is InChI=1S/C9H16/c1-7-6-9(7)5-4-8-2-3-8/h7-9H,2-6H2,1H3. The lowest BCUT2D eigenvalue weighted by Crippen LogP contribution is -1.81. The second-order valence-corrected chi connectivity index (χ2v) is 3.99. The van der Waals surface area contributed by atoms with E-state index in [0.29, 0.717) is 0 Å². The maximum Gasteiger partial charge on any atom is -0.0386 e. The molecule has 0 radical (unpaired) electrons. The van der Waals surface area contributed by atoms with Crippen molar-refractivity contribution in [2.24, 2.45) is 17.8 Å². The van der Waals surface area contributed by atoms with Crippen molar-refractivity contribution in [2.75, 3.05) is 0 Å². The monoisotopic (exact) mass is 124 g/mol. The highest BCUT2D eigenvalue weighted by Gasteiger charge is 2.33. The van der Waals surface area contributed by atoms with Gasteiger partial charge in [-0.1, -0.05) is 26.2 Å². The van der Waals surface area contributed by atoms with Crippen LogP contribution in [-0.2, 0) is 0 Å². The summed E-state index contributed by atoms with van der Waals surface area (Å²) in [5.74, 6) is 3.40. The van der Waals surface area contributed by atoms with Gasteiger partial charge in [-0.05, 0) is 30.6 Å². The maximum atomic E-state index is 2.39. The zero-order valence-corrected chi connectivity index (χ0v) is 6.27. The van der Waals surface area contributed by atoms with Crippen molar-refractivity contribution in [1.82, 2.24) is 0 Å². The number of rotatable bonds is 3. The van der Waals surface area contributed by atoms with Gasteiger partial charge in [0.05, 0.1) is 0 Å². The summed E-state index contributed by atoms with van der Waals surface area (Å²) in [6.07, 6.45) is 7.72. The average molecular weight is 124 g/mol. The third-order valence-electron chi connectivity index (χ3n) is 2.92. The van der Waals surface area contributed by atoms with Crippen LogP contribution in [0.25, 0.3) is 0 Å². The molecule has 0 bridgehead atoms. The van der Waals surface area contributed by atoms with E-state index in [1.54, 1.807) is 25.7 Å². The van der Waals surface area contributed by atoms with E-state index in [2.05, 4.69) is 6.92 Å². The first-order valence-corrected chi connectivity index (χ1v) is 4.36. The molecule has 9 heavy (non-hydrogen) atoms. The molecule has 2 saturated carbocycles. The fourth-order valence-electron chi connectivity index (χ4n) is 1.66. The molecule has 0 heterocycles. The molecule has 2 rings (SSSR count). The van der Waals surface area contributed by atoms with Gasteiger partial charge in [0.15, 0.2) is 0 Å². The van der Waals surface area contributed by atoms with Crippen LogP contribution in [0.2, 0.25) is 0 Å². The summed E-state index contributed by atoms with van der Waals surface area (Å²) in [4.78, 5) is 0. The topological polar surface area (TPSA) is 0 Å². The van der Waals surface area contributed by atoms with E-state index in [-0.39, 0.29) is 0 Å². The summed E-state index contributed by atoms with van der Waals surface area (Å²) in [6, 6.07) is 0. The smallest absolute Gasteiger partial charge is 0.0386 e. The lowest BCUT2D eigenvalue weighted by atomic mass is 10.1. The fraction of sp³-hybridized carbons (Fsp3) is 1.00. The van der Waals surface area contributed by atoms with E-state index in [9.17, 15) is 0 Å². The van der Waals surface area contributed by atoms with Gasteiger partial charge < -0.3 is 0 Å². The Kier molecular flexibility index (Phi) is 1.28. The highest BCUT2D eigenvalue weighted by Crippen LogP contribution is 2.44. The third-order valence-corrected chi connectivity index (χ3v) is 2.92. The van der Waals surface area contributed by atoms with Crippen molar-refractivity contribution in [3.05, 3.63) is 0 Å². The Bertz CT molecular complexity index is 103. The van der Waals surface area contributed by atoms with E-state index in [4.69, 9.17) is 0 Å². The van der Waals surface area contributed by atoms with Gasteiger partial charge in [0.1, 0.15) is 0 Å². The Morgan fingerprint density at radius 3 is 2.33 bits per heavy atom. The molecule has 0 spiro atoms. The van der Waals surface area contributed by atoms with Crippen molar-refractivity contribution in [3.63, 3.8) is 0 Å². The molecule has 2 aliphatic carbocycles. The first-order valence-electron chi connectivity index (χ1n) is 4.36. The van der Waals surface area contributed by atoms with Crippen LogP contribution in [-0.4, -0.2) is 0 Å². The summed E-state index contributed by atoms with van der Waals surface area (Å²) in [6.45, 7) is 2.39. The van der Waals surface area contributed by atoms with Crippen LogP contribution in [0.3, 0.4) is 0 Å². The van der Waals surface area contributed by atoms with Crippen LogP contribution in [0.4, 0.5) is 0 Å². The molecule has 0 aromatic rings. The third kappa shape index (κ3) is 1.47. The molecule has 0 amide bonds. The zero-order valence-electron chi connectivity index (χ0n) is 6.27. The molecule has 0 nitrogen and oxygen atoms in total. The van der Waals surface area contributed by atoms with E-state index < -0.39 is 0 Å². The summed E-state index contributed by atoms with van der Waals surface area (Å²) in [7, 11) is 0. The minimum Gasteiger partial charge on any atom is -0.0622 e. The fourth-order valence-corrected chi connectivity index (χ4v) is 1.66. The van der Waals surface area contributed by atoms with Gasteiger partial charge in [0.25, 0.3) is 0 Å². The molecular weight excluding hydrogens is 108 g/mol. The van der Waals surface area contributed by atoms with Gasteiger partial charge in [-0.25, -0.2) is 0 Å². The van der Waals surface area contributed by atoms with Gasteiger partial charge >= 0.3 is 0 Å². The molecule has 52 valence electrons. The maximum absolute atomic E-state index is 2.39. The summed E-state index contributed by atoms with van der Waals surface area (Å²) in [5, 5.41) is 0. The number of hydrogen-bond donors (Lipinski definition) is 0. The summed E-state index contributed by atoms with van der Waals surface area (Å²) in [5.41, 5.74) is 0. The zero-order chi connectivity index (χ0) is 6.27. The summed E-state index contributed by atoms with van der Waals surface area (Å²) < 4.78 is 0. The lowest BCUT2D eigenvalue weighted by molar-refractivity contribution is 0.589. The molecule has 2 aliphatic rings. The van der Waals surface area contributed by atoms with E-state index in [1.165, 1.54) is 6.42 Å². The largest absolute Gasteiger partial charge is 0.0622 e. The Labute approximate surface area is 57.6 Å². The van der Waals surface area contributed by atoms with Crippen molar-refractivity contribution < 1.29 is 0 Å². The molecule has 0 aliphatic heterocycles. The van der Waals surface area contributed by atoms with Crippen LogP contribution in [0.15, 0.2) is 0 Å². The van der Waals surface area contributed by atoms with Gasteiger partial charge in [0.2, 0.25) is 0 Å². The minimum absolute atomic E-state index is 1.09. The second-order valence-electron chi connectivity index (χ2n) is 3.99. The van der Waals surface area contributed by atoms with Crippen LogP contribution in [0, 0.1) is 17.8 Å². The van der Waals surface area contributed by atoms with Gasteiger partial charge in [-0.2, -0.15) is 0 Å². The molecule has 0 aromatic heterocycles. The average Bonchev–Trinajstić information content (AvgIpc) is 2.60. The quantitative estimate of drug-likeness (QED) is 0.542. The van der Waals surface area contributed by atoms with Crippen LogP contribution < -0.4 is 0 Å². The highest BCUT2D eigenvalue weighted by molar-refractivity contribution is 4.84. The van der Waals surface area contributed by atoms with Crippen molar-refractivity contribution in [1.29, 1.82) is 0 Å². The lowest BCUT2D eigenvalue weighted by Gasteiger charge is -1.93. The Morgan fingerprint density at radius 1 is 1.22 bits per heavy atom. The van der Waals surface area contributed by atoms with Crippen LogP contribution in [0.1, 0.15) is 39.0 Å². The predicted molar refractivity (Wildman–Crippen MR) is 39.2 cm³/mol. The minimum atomic E-state index is 1.09. The molecule has 0 heteroatoms. The molecular formula is C9H16. The highest BCUT2D eigenvalue weighted by atomic mass is 14.4. The molecule has 2 fully saturated rings. The normalized spacial score (nSPS) is 41.0. The Balaban J connectivity index is 1.57. The second kappa shape index (κ2) is 2.00.